The lowest BCUT2D eigenvalue weighted by Crippen LogP contribution is -2.37. The Morgan fingerprint density at radius 2 is 2.00 bits per heavy atom. The highest BCUT2D eigenvalue weighted by atomic mass is 19.1. The van der Waals surface area contributed by atoms with Gasteiger partial charge in [0, 0.05) is 7.11 Å². The number of methoxy groups -OCH3 is 1. The Kier molecular flexibility index (Phi) is 5.74. The molecule has 0 fully saturated rings. The van der Waals surface area contributed by atoms with Crippen LogP contribution in [0.3, 0.4) is 0 Å². The number of hydrogen-bond acceptors (Lipinski definition) is 4. The molecule has 0 unspecified atom stereocenters. The Morgan fingerprint density at radius 3 is 2.50 bits per heavy atom. The van der Waals surface area contributed by atoms with Crippen LogP contribution in [0.2, 0.25) is 0 Å². The number of ether oxygens (including phenoxy) is 2. The van der Waals surface area contributed by atoms with Gasteiger partial charge in [-0.25, -0.2) is 9.18 Å². The average Bonchev–Trinajstić information content (AvgIpc) is 2.39. The van der Waals surface area contributed by atoms with Gasteiger partial charge in [-0.05, 0) is 19.1 Å². The van der Waals surface area contributed by atoms with E-state index in [0.29, 0.717) is 5.56 Å². The largest absolute Gasteiger partial charge is 0.459 e. The molecular formula is C13H17FO4. The third kappa shape index (κ3) is 4.09. The SMILES string of the molecule is CO[C@H](COC(=O)c1ccccc1)[C@@H](F)[C@H](C)O. The summed E-state index contributed by atoms with van der Waals surface area (Å²) in [6.45, 7) is 1.08. The Hall–Kier alpha value is -1.46. The molecule has 0 aliphatic carbocycles. The van der Waals surface area contributed by atoms with Gasteiger partial charge in [0.1, 0.15) is 12.7 Å². The zero-order valence-electron chi connectivity index (χ0n) is 10.4. The minimum absolute atomic E-state index is 0.240. The molecule has 0 amide bonds. The molecule has 1 aromatic rings. The molecule has 0 saturated carbocycles. The fraction of sp³-hybridized carbons (Fsp3) is 0.462. The molecule has 0 aromatic heterocycles. The summed E-state index contributed by atoms with van der Waals surface area (Å²) >= 11 is 0. The van der Waals surface area contributed by atoms with Gasteiger partial charge in [0.2, 0.25) is 0 Å². The van der Waals surface area contributed by atoms with Crippen LogP contribution in [0.25, 0.3) is 0 Å². The van der Waals surface area contributed by atoms with E-state index >= 15 is 0 Å². The maximum atomic E-state index is 13.5. The molecule has 0 aliphatic heterocycles. The minimum atomic E-state index is -1.60. The molecule has 18 heavy (non-hydrogen) atoms. The van der Waals surface area contributed by atoms with Gasteiger partial charge in [-0.15, -0.1) is 0 Å². The fourth-order valence-corrected chi connectivity index (χ4v) is 1.42. The second kappa shape index (κ2) is 7.08. The van der Waals surface area contributed by atoms with Crippen molar-refractivity contribution in [3.63, 3.8) is 0 Å². The number of esters is 1. The Bertz CT molecular complexity index is 367. The van der Waals surface area contributed by atoms with Crippen LogP contribution in [0.15, 0.2) is 30.3 Å². The van der Waals surface area contributed by atoms with Crippen LogP contribution >= 0.6 is 0 Å². The summed E-state index contributed by atoms with van der Waals surface area (Å²) in [5, 5.41) is 9.11. The average molecular weight is 256 g/mol. The van der Waals surface area contributed by atoms with Gasteiger partial charge >= 0.3 is 5.97 Å². The number of alkyl halides is 1. The molecule has 0 radical (unpaired) electrons. The number of hydrogen-bond donors (Lipinski definition) is 1. The summed E-state index contributed by atoms with van der Waals surface area (Å²) in [6.07, 6.45) is -3.75. The number of aliphatic hydroxyl groups excluding tert-OH is 1. The molecule has 100 valence electrons. The zero-order valence-corrected chi connectivity index (χ0v) is 10.4. The predicted molar refractivity (Wildman–Crippen MR) is 64.1 cm³/mol. The number of aliphatic hydroxyl groups is 1. The number of rotatable bonds is 6. The van der Waals surface area contributed by atoms with Gasteiger partial charge < -0.3 is 14.6 Å². The number of carbonyl (C=O) groups is 1. The molecule has 3 atom stereocenters. The highest BCUT2D eigenvalue weighted by Gasteiger charge is 2.26. The lowest BCUT2D eigenvalue weighted by atomic mass is 10.1. The summed E-state index contributed by atoms with van der Waals surface area (Å²) in [5.74, 6) is -0.546. The molecule has 1 rings (SSSR count). The third-order valence-electron chi connectivity index (χ3n) is 2.51. The van der Waals surface area contributed by atoms with Crippen molar-refractivity contribution in [1.82, 2.24) is 0 Å². The molecule has 4 nitrogen and oxygen atoms in total. The first-order chi connectivity index (χ1) is 8.56. The lowest BCUT2D eigenvalue weighted by molar-refractivity contribution is -0.0565. The van der Waals surface area contributed by atoms with E-state index in [1.807, 2.05) is 0 Å². The first-order valence-electron chi connectivity index (χ1n) is 5.63. The molecule has 0 bridgehead atoms. The van der Waals surface area contributed by atoms with Crippen molar-refractivity contribution in [3.8, 4) is 0 Å². The summed E-state index contributed by atoms with van der Waals surface area (Å²) in [7, 11) is 1.30. The number of halogens is 1. The Morgan fingerprint density at radius 1 is 1.39 bits per heavy atom. The van der Waals surface area contributed by atoms with Crippen molar-refractivity contribution >= 4 is 5.97 Å². The number of carbonyl (C=O) groups excluding carboxylic acids is 1. The van der Waals surface area contributed by atoms with E-state index in [-0.39, 0.29) is 6.61 Å². The van der Waals surface area contributed by atoms with Gasteiger partial charge in [-0.1, -0.05) is 18.2 Å². The van der Waals surface area contributed by atoms with Gasteiger partial charge in [-0.2, -0.15) is 0 Å². The normalized spacial score (nSPS) is 15.8. The zero-order chi connectivity index (χ0) is 13.5. The van der Waals surface area contributed by atoms with Crippen molar-refractivity contribution in [3.05, 3.63) is 35.9 Å². The van der Waals surface area contributed by atoms with E-state index in [0.717, 1.165) is 0 Å². The van der Waals surface area contributed by atoms with Crippen molar-refractivity contribution in [1.29, 1.82) is 0 Å². The monoisotopic (exact) mass is 256 g/mol. The second-order valence-corrected chi connectivity index (χ2v) is 3.92. The smallest absolute Gasteiger partial charge is 0.338 e. The third-order valence-corrected chi connectivity index (χ3v) is 2.51. The topological polar surface area (TPSA) is 55.8 Å². The fourth-order valence-electron chi connectivity index (χ4n) is 1.42. The summed E-state index contributed by atoms with van der Waals surface area (Å²) in [4.78, 5) is 11.6. The van der Waals surface area contributed by atoms with Crippen molar-refractivity contribution < 1.29 is 23.8 Å². The molecule has 0 saturated heterocycles. The van der Waals surface area contributed by atoms with Crippen LogP contribution in [0.4, 0.5) is 4.39 Å². The highest BCUT2D eigenvalue weighted by molar-refractivity contribution is 5.89. The van der Waals surface area contributed by atoms with Crippen LogP contribution in [-0.4, -0.2) is 43.2 Å². The van der Waals surface area contributed by atoms with Crippen molar-refractivity contribution in [2.24, 2.45) is 0 Å². The number of benzene rings is 1. The van der Waals surface area contributed by atoms with Gasteiger partial charge in [0.15, 0.2) is 6.17 Å². The quantitative estimate of drug-likeness (QED) is 0.785. The summed E-state index contributed by atoms with van der Waals surface area (Å²) in [5.41, 5.74) is 0.389. The summed E-state index contributed by atoms with van der Waals surface area (Å²) < 4.78 is 23.3. The summed E-state index contributed by atoms with van der Waals surface area (Å²) in [6, 6.07) is 8.40. The molecule has 5 heteroatoms. The van der Waals surface area contributed by atoms with Gasteiger partial charge in [0.25, 0.3) is 0 Å². The van der Waals surface area contributed by atoms with E-state index in [1.54, 1.807) is 30.3 Å². The maximum absolute atomic E-state index is 13.5. The van der Waals surface area contributed by atoms with Crippen molar-refractivity contribution in [2.45, 2.75) is 25.3 Å². The van der Waals surface area contributed by atoms with Crippen LogP contribution in [-0.2, 0) is 9.47 Å². The van der Waals surface area contributed by atoms with Gasteiger partial charge in [0.05, 0.1) is 11.7 Å². The van der Waals surface area contributed by atoms with E-state index in [4.69, 9.17) is 14.6 Å². The first-order valence-corrected chi connectivity index (χ1v) is 5.63. The van der Waals surface area contributed by atoms with E-state index < -0.39 is 24.3 Å². The molecule has 1 aromatic carbocycles. The predicted octanol–water partition coefficient (Wildman–Crippen LogP) is 1.58. The maximum Gasteiger partial charge on any atom is 0.338 e. The molecule has 1 N–H and O–H groups in total. The standard InChI is InChI=1S/C13H17FO4/c1-9(15)12(14)11(17-2)8-18-13(16)10-6-4-3-5-7-10/h3-7,9,11-12,15H,8H2,1-2H3/t9-,11+,12-/m0/s1. The van der Waals surface area contributed by atoms with Crippen molar-refractivity contribution in [2.75, 3.05) is 13.7 Å². The first kappa shape index (κ1) is 14.6. The highest BCUT2D eigenvalue weighted by Crippen LogP contribution is 2.10. The van der Waals surface area contributed by atoms with E-state index in [1.165, 1.54) is 14.0 Å². The van der Waals surface area contributed by atoms with Crippen LogP contribution < -0.4 is 0 Å². The van der Waals surface area contributed by atoms with E-state index in [2.05, 4.69) is 0 Å². The lowest BCUT2D eigenvalue weighted by Gasteiger charge is -2.21. The Balaban J connectivity index is 2.51. The van der Waals surface area contributed by atoms with E-state index in [9.17, 15) is 9.18 Å². The van der Waals surface area contributed by atoms with Crippen LogP contribution in [0.1, 0.15) is 17.3 Å². The molecule has 0 heterocycles. The molecule has 0 aliphatic rings. The van der Waals surface area contributed by atoms with Crippen LogP contribution in [0.5, 0.6) is 0 Å². The molecule has 0 spiro atoms. The van der Waals surface area contributed by atoms with Gasteiger partial charge in [-0.3, -0.25) is 0 Å². The van der Waals surface area contributed by atoms with Crippen LogP contribution in [0, 0.1) is 0 Å². The second-order valence-electron chi connectivity index (χ2n) is 3.92. The molecular weight excluding hydrogens is 239 g/mol. The minimum Gasteiger partial charge on any atom is -0.459 e. The Labute approximate surface area is 105 Å².